The van der Waals surface area contributed by atoms with Gasteiger partial charge in [0.1, 0.15) is 0 Å². The van der Waals surface area contributed by atoms with Gasteiger partial charge in [-0.05, 0) is 37.6 Å². The Balaban J connectivity index is 1.66. The third-order valence-corrected chi connectivity index (χ3v) is 6.70. The van der Waals surface area contributed by atoms with Crippen LogP contribution in [-0.4, -0.2) is 33.9 Å². The number of nitrogens with zero attached hydrogens (tertiary/aromatic N) is 3. The summed E-state index contributed by atoms with van der Waals surface area (Å²) in [6, 6.07) is 9.43. The third-order valence-electron chi connectivity index (χ3n) is 5.63. The van der Waals surface area contributed by atoms with Crippen LogP contribution < -0.4 is 9.64 Å². The number of thiazole rings is 1. The van der Waals surface area contributed by atoms with E-state index in [1.165, 1.54) is 23.3 Å². The topological polar surface area (TPSA) is 106 Å². The highest BCUT2D eigenvalue weighted by Crippen LogP contribution is 2.44. The lowest BCUT2D eigenvalue weighted by molar-refractivity contribution is -0.117. The lowest BCUT2D eigenvalue weighted by Gasteiger charge is -2.23. The first kappa shape index (κ1) is 20.9. The number of amides is 1. The number of para-hydroxylation sites is 1. The highest BCUT2D eigenvalue weighted by Gasteiger charge is 2.46. The molecule has 0 radical (unpaired) electrons. The lowest BCUT2D eigenvalue weighted by Crippen LogP contribution is -2.31. The molecular weight excluding hydrogens is 442 g/mol. The van der Waals surface area contributed by atoms with Gasteiger partial charge in [0.15, 0.2) is 28.0 Å². The summed E-state index contributed by atoms with van der Waals surface area (Å²) in [5, 5.41) is 11.9. The molecule has 5 rings (SSSR count). The van der Waals surface area contributed by atoms with Crippen molar-refractivity contribution in [3.05, 3.63) is 82.0 Å². The molecule has 4 aromatic rings. The number of aromatic nitrogens is 2. The summed E-state index contributed by atoms with van der Waals surface area (Å²) in [7, 11) is 1.51. The number of rotatable bonds is 5. The smallest absolute Gasteiger partial charge is 0.296 e. The zero-order valence-electron chi connectivity index (χ0n) is 18.0. The molecule has 1 aromatic carbocycles. The van der Waals surface area contributed by atoms with Crippen molar-refractivity contribution in [3.63, 3.8) is 0 Å². The quantitative estimate of drug-likeness (QED) is 0.430. The molecule has 8 nitrogen and oxygen atoms in total. The fraction of sp³-hybridized carbons (Fsp3) is 0.167. The molecule has 1 N–H and O–H groups in total. The number of ether oxygens (including phenoxy) is 1. The maximum Gasteiger partial charge on any atom is 0.296 e. The summed E-state index contributed by atoms with van der Waals surface area (Å²) >= 11 is 1.32. The highest BCUT2D eigenvalue weighted by atomic mass is 32.1. The van der Waals surface area contributed by atoms with Gasteiger partial charge in [-0.3, -0.25) is 19.5 Å². The molecule has 1 atom stereocenters. The van der Waals surface area contributed by atoms with Crippen LogP contribution in [0, 0.1) is 13.8 Å². The minimum absolute atomic E-state index is 0.00825. The molecular formula is C24H19N3O5S. The Hall–Kier alpha value is -3.98. The van der Waals surface area contributed by atoms with E-state index < -0.39 is 23.5 Å². The number of methoxy groups -OCH3 is 1. The predicted molar refractivity (Wildman–Crippen MR) is 123 cm³/mol. The monoisotopic (exact) mass is 461 g/mol. The van der Waals surface area contributed by atoms with Crippen molar-refractivity contribution in [2.24, 2.45) is 0 Å². The molecule has 0 saturated carbocycles. The largest absolute Gasteiger partial charge is 0.503 e. The highest BCUT2D eigenvalue weighted by molar-refractivity contribution is 7.15. The van der Waals surface area contributed by atoms with Crippen LogP contribution in [0.15, 0.2) is 64.5 Å². The Morgan fingerprint density at radius 2 is 2.06 bits per heavy atom. The number of aryl methyl sites for hydroxylation is 2. The second-order valence-electron chi connectivity index (χ2n) is 7.58. The number of carbonyl (C=O) groups is 2. The molecule has 3 aromatic heterocycles. The number of fused-ring (bicyclic) bond motifs is 1. The number of pyridine rings is 1. The summed E-state index contributed by atoms with van der Waals surface area (Å²) in [4.78, 5) is 37.7. The van der Waals surface area contributed by atoms with Crippen molar-refractivity contribution in [2.75, 3.05) is 12.0 Å². The van der Waals surface area contributed by atoms with Gasteiger partial charge in [-0.2, -0.15) is 0 Å². The molecule has 0 aliphatic carbocycles. The number of aliphatic hydroxyl groups excluding tert-OH is 1. The molecule has 1 unspecified atom stereocenters. The summed E-state index contributed by atoms with van der Waals surface area (Å²) in [6.45, 7) is 3.74. The summed E-state index contributed by atoms with van der Waals surface area (Å²) in [5.41, 5.74) is 1.67. The Kier molecular flexibility index (Phi) is 4.98. The summed E-state index contributed by atoms with van der Waals surface area (Å²) < 4.78 is 11.1. The Morgan fingerprint density at radius 1 is 1.24 bits per heavy atom. The first-order valence-electron chi connectivity index (χ1n) is 10.1. The minimum atomic E-state index is -0.904. The predicted octanol–water partition coefficient (Wildman–Crippen LogP) is 4.69. The Morgan fingerprint density at radius 3 is 2.73 bits per heavy atom. The normalized spacial score (nSPS) is 16.2. The summed E-state index contributed by atoms with van der Waals surface area (Å²) in [6.07, 6.45) is 3.16. The fourth-order valence-electron chi connectivity index (χ4n) is 3.89. The lowest BCUT2D eigenvalue weighted by atomic mass is 9.96. The number of furan rings is 1. The van der Waals surface area contributed by atoms with Crippen molar-refractivity contribution >= 4 is 39.1 Å². The van der Waals surface area contributed by atoms with E-state index in [0.29, 0.717) is 27.4 Å². The molecule has 0 fully saturated rings. The number of anilines is 1. The average Bonchev–Trinajstić information content (AvgIpc) is 3.48. The van der Waals surface area contributed by atoms with Crippen LogP contribution in [0.5, 0.6) is 5.75 Å². The van der Waals surface area contributed by atoms with Crippen molar-refractivity contribution in [1.82, 2.24) is 9.97 Å². The van der Waals surface area contributed by atoms with Gasteiger partial charge in [0.05, 0.1) is 24.4 Å². The second kappa shape index (κ2) is 7.86. The average molecular weight is 461 g/mol. The van der Waals surface area contributed by atoms with Gasteiger partial charge in [0.2, 0.25) is 5.78 Å². The molecule has 33 heavy (non-hydrogen) atoms. The third kappa shape index (κ3) is 3.28. The molecule has 1 amide bonds. The number of Topliss-reactive ketones (excluding diaryl/α,β-unsaturated/α-hetero) is 1. The fourth-order valence-corrected chi connectivity index (χ4v) is 4.82. The van der Waals surface area contributed by atoms with E-state index in [9.17, 15) is 14.7 Å². The van der Waals surface area contributed by atoms with E-state index in [1.54, 1.807) is 48.8 Å². The van der Waals surface area contributed by atoms with Crippen molar-refractivity contribution in [3.8, 4) is 5.75 Å². The first-order chi connectivity index (χ1) is 15.9. The van der Waals surface area contributed by atoms with Crippen LogP contribution in [0.1, 0.15) is 32.7 Å². The maximum absolute atomic E-state index is 13.6. The molecule has 0 spiro atoms. The standard InChI is InChI=1S/C24H19N3O5S/c1-12-13(2)33-24(26-12)27-19(15-7-5-9-25-11-15)18(21(29)23(27)30)20(28)17-10-14-6-4-8-16(31-3)22(14)32-17/h4-11,19,29H,1-3H3. The number of ketones is 1. The minimum Gasteiger partial charge on any atom is -0.503 e. The number of aliphatic hydroxyl groups is 1. The van der Waals surface area contributed by atoms with E-state index in [-0.39, 0.29) is 11.3 Å². The van der Waals surface area contributed by atoms with Crippen LogP contribution >= 0.6 is 11.3 Å². The van der Waals surface area contributed by atoms with E-state index in [2.05, 4.69) is 9.97 Å². The maximum atomic E-state index is 13.6. The Bertz CT molecular complexity index is 1420. The first-order valence-corrected chi connectivity index (χ1v) is 10.9. The van der Waals surface area contributed by atoms with E-state index >= 15 is 0 Å². The molecule has 166 valence electrons. The van der Waals surface area contributed by atoms with Crippen LogP contribution in [-0.2, 0) is 4.79 Å². The van der Waals surface area contributed by atoms with Crippen molar-refractivity contribution in [2.45, 2.75) is 19.9 Å². The Labute approximate surface area is 192 Å². The number of hydrogen-bond donors (Lipinski definition) is 1. The van der Waals surface area contributed by atoms with Gasteiger partial charge in [-0.15, -0.1) is 11.3 Å². The van der Waals surface area contributed by atoms with Crippen LogP contribution in [0.2, 0.25) is 0 Å². The van der Waals surface area contributed by atoms with Crippen LogP contribution in [0.4, 0.5) is 5.13 Å². The van der Waals surface area contributed by atoms with Crippen LogP contribution in [0.25, 0.3) is 11.0 Å². The van der Waals surface area contributed by atoms with E-state index in [1.807, 2.05) is 13.8 Å². The van der Waals surface area contributed by atoms with Gasteiger partial charge in [0.25, 0.3) is 5.91 Å². The molecule has 1 aliphatic rings. The molecule has 0 saturated heterocycles. The number of hydrogen-bond acceptors (Lipinski definition) is 8. The molecule has 1 aliphatic heterocycles. The summed E-state index contributed by atoms with van der Waals surface area (Å²) in [5.74, 6) is -1.46. The second-order valence-corrected chi connectivity index (χ2v) is 8.76. The number of benzene rings is 1. The van der Waals surface area contributed by atoms with Gasteiger partial charge < -0.3 is 14.3 Å². The van der Waals surface area contributed by atoms with Gasteiger partial charge >= 0.3 is 0 Å². The zero-order valence-corrected chi connectivity index (χ0v) is 18.8. The van der Waals surface area contributed by atoms with E-state index in [4.69, 9.17) is 9.15 Å². The molecule has 4 heterocycles. The van der Waals surface area contributed by atoms with Crippen LogP contribution in [0.3, 0.4) is 0 Å². The number of carbonyl (C=O) groups excluding carboxylic acids is 2. The molecule has 9 heteroatoms. The van der Waals surface area contributed by atoms with E-state index in [0.717, 1.165) is 10.6 Å². The molecule has 0 bridgehead atoms. The van der Waals surface area contributed by atoms with Gasteiger partial charge in [-0.1, -0.05) is 18.2 Å². The van der Waals surface area contributed by atoms with Gasteiger partial charge in [0, 0.05) is 22.7 Å². The SMILES string of the molecule is COc1cccc2cc(C(=O)C3=C(O)C(=O)N(c4nc(C)c(C)s4)C3c3cccnc3)oc12. The van der Waals surface area contributed by atoms with Crippen molar-refractivity contribution in [1.29, 1.82) is 0 Å². The van der Waals surface area contributed by atoms with Crippen molar-refractivity contribution < 1.29 is 23.8 Å². The zero-order chi connectivity index (χ0) is 23.3. The van der Waals surface area contributed by atoms with Gasteiger partial charge in [-0.25, -0.2) is 4.98 Å².